The van der Waals surface area contributed by atoms with Crippen LogP contribution in [0.1, 0.15) is 36.6 Å². The van der Waals surface area contributed by atoms with Crippen molar-refractivity contribution < 1.29 is 21.1 Å². The van der Waals surface area contributed by atoms with Crippen molar-refractivity contribution in [2.75, 3.05) is 0 Å². The number of nitrogens with zero attached hydrogens (tertiary/aromatic N) is 6. The molecular formula is C29H24N6Pt. The van der Waals surface area contributed by atoms with E-state index in [0.29, 0.717) is 0 Å². The Labute approximate surface area is 224 Å². The summed E-state index contributed by atoms with van der Waals surface area (Å²) >= 11 is 0. The summed E-state index contributed by atoms with van der Waals surface area (Å²) in [4.78, 5) is 19.0. The minimum absolute atomic E-state index is 0. The topological polar surface area (TPSA) is 61.4 Å². The van der Waals surface area contributed by atoms with E-state index in [-0.39, 0.29) is 21.1 Å². The minimum Gasteiger partial charge on any atom is -0.431 e. The molecule has 0 saturated heterocycles. The molecule has 0 radical (unpaired) electrons. The Morgan fingerprint density at radius 3 is 1.50 bits per heavy atom. The quantitative estimate of drug-likeness (QED) is 0.230. The SMILES string of the molecule is Cc1c2cccnc2[c-]n1-c1cccc(C(C)(C)c2cccc(-n3[c-]c4ncccc4c3C)n2)n1.[Pt+2]. The van der Waals surface area contributed by atoms with E-state index < -0.39 is 5.41 Å². The van der Waals surface area contributed by atoms with Crippen molar-refractivity contribution in [2.24, 2.45) is 0 Å². The van der Waals surface area contributed by atoms with E-state index >= 15 is 0 Å². The first-order chi connectivity index (χ1) is 16.9. The molecule has 0 aliphatic carbocycles. The molecule has 0 aromatic carbocycles. The fraction of sp³-hybridized carbons (Fsp3) is 0.172. The second-order valence-electron chi connectivity index (χ2n) is 9.25. The van der Waals surface area contributed by atoms with Gasteiger partial charge in [0.2, 0.25) is 0 Å². The van der Waals surface area contributed by atoms with E-state index in [1.807, 2.05) is 45.5 Å². The molecule has 0 spiro atoms. The van der Waals surface area contributed by atoms with Gasteiger partial charge in [0.25, 0.3) is 0 Å². The average Bonchev–Trinajstić information content (AvgIpc) is 3.41. The zero-order valence-corrected chi connectivity index (χ0v) is 22.7. The fourth-order valence-corrected chi connectivity index (χ4v) is 4.57. The number of hydrogen-bond donors (Lipinski definition) is 0. The Hall–Kier alpha value is -3.63. The van der Waals surface area contributed by atoms with E-state index in [2.05, 4.69) is 74.3 Å². The van der Waals surface area contributed by atoms with Crippen LogP contribution in [0.3, 0.4) is 0 Å². The molecule has 6 aromatic rings. The summed E-state index contributed by atoms with van der Waals surface area (Å²) in [6, 6.07) is 20.2. The van der Waals surface area contributed by atoms with Gasteiger partial charge in [-0.25, -0.2) is 0 Å². The van der Waals surface area contributed by atoms with Gasteiger partial charge in [-0.3, -0.25) is 19.9 Å². The van der Waals surface area contributed by atoms with Crippen molar-refractivity contribution in [3.8, 4) is 11.6 Å². The van der Waals surface area contributed by atoms with Crippen LogP contribution in [0, 0.1) is 26.2 Å². The third-order valence-electron chi connectivity index (χ3n) is 6.71. The van der Waals surface area contributed by atoms with Crippen molar-refractivity contribution in [1.29, 1.82) is 0 Å². The summed E-state index contributed by atoms with van der Waals surface area (Å²) in [6.07, 6.45) is 10.3. The standard InChI is InChI=1S/C29H24N6.Pt/c1-19-21-9-7-15-30-23(21)17-34(19)27-13-5-11-25(32-27)29(3,4)26-12-6-14-28(33-26)35-18-24-22(20(35)2)10-8-16-31-24;/h5-16H,1-4H3;/q-2;+2. The second kappa shape index (κ2) is 9.10. The molecule has 6 nitrogen and oxygen atoms in total. The number of rotatable bonds is 4. The molecule has 36 heavy (non-hydrogen) atoms. The summed E-state index contributed by atoms with van der Waals surface area (Å²) in [5.74, 6) is 1.63. The number of hydrogen-bond acceptors (Lipinski definition) is 4. The molecule has 6 heterocycles. The normalized spacial score (nSPS) is 11.7. The summed E-state index contributed by atoms with van der Waals surface area (Å²) in [7, 11) is 0. The first-order valence-corrected chi connectivity index (χ1v) is 11.6. The number of aryl methyl sites for hydroxylation is 2. The van der Waals surface area contributed by atoms with Gasteiger partial charge < -0.3 is 9.13 Å². The molecule has 0 N–H and O–H groups in total. The molecule has 0 amide bonds. The molecule has 0 atom stereocenters. The predicted molar refractivity (Wildman–Crippen MR) is 137 cm³/mol. The molecule has 0 bridgehead atoms. The summed E-state index contributed by atoms with van der Waals surface area (Å²) in [5, 5.41) is 2.15. The molecule has 0 saturated carbocycles. The molecule has 7 heteroatoms. The Morgan fingerprint density at radius 2 is 1.08 bits per heavy atom. The summed E-state index contributed by atoms with van der Waals surface area (Å²) < 4.78 is 3.97. The molecule has 6 aromatic heterocycles. The maximum absolute atomic E-state index is 5.04. The van der Waals surface area contributed by atoms with E-state index in [9.17, 15) is 0 Å². The molecule has 0 aliphatic heterocycles. The van der Waals surface area contributed by atoms with Crippen LogP contribution >= 0.6 is 0 Å². The van der Waals surface area contributed by atoms with Gasteiger partial charge in [-0.2, -0.15) is 0 Å². The van der Waals surface area contributed by atoms with Crippen LogP contribution in [0.15, 0.2) is 73.1 Å². The smallest absolute Gasteiger partial charge is 0.431 e. The zero-order chi connectivity index (χ0) is 24.2. The predicted octanol–water partition coefficient (Wildman–Crippen LogP) is 5.70. The third-order valence-corrected chi connectivity index (χ3v) is 6.71. The molecule has 6 rings (SSSR count). The number of aromatic nitrogens is 6. The second-order valence-corrected chi connectivity index (χ2v) is 9.25. The van der Waals surface area contributed by atoms with Crippen molar-refractivity contribution in [1.82, 2.24) is 29.1 Å². The molecule has 180 valence electrons. The zero-order valence-electron chi connectivity index (χ0n) is 20.4. The van der Waals surface area contributed by atoms with Crippen LogP contribution < -0.4 is 0 Å². The third kappa shape index (κ3) is 3.86. The van der Waals surface area contributed by atoms with E-state index in [1.54, 1.807) is 12.4 Å². The molecule has 0 unspecified atom stereocenters. The number of fused-ring (bicyclic) bond motifs is 2. The first kappa shape index (κ1) is 24.1. The maximum atomic E-state index is 5.04. The van der Waals surface area contributed by atoms with E-state index in [0.717, 1.165) is 56.2 Å². The Morgan fingerprint density at radius 1 is 0.639 bits per heavy atom. The van der Waals surface area contributed by atoms with Gasteiger partial charge in [-0.15, -0.1) is 12.1 Å². The Kier molecular flexibility index (Phi) is 6.09. The van der Waals surface area contributed by atoms with Crippen molar-refractivity contribution in [2.45, 2.75) is 33.1 Å². The monoisotopic (exact) mass is 651 g/mol. The molecular weight excluding hydrogens is 627 g/mol. The van der Waals surface area contributed by atoms with Crippen LogP contribution in [-0.4, -0.2) is 29.1 Å². The summed E-state index contributed by atoms with van der Waals surface area (Å²) in [5.41, 5.74) is 5.24. The average molecular weight is 652 g/mol. The van der Waals surface area contributed by atoms with Crippen LogP contribution in [0.4, 0.5) is 0 Å². The van der Waals surface area contributed by atoms with Crippen molar-refractivity contribution in [3.63, 3.8) is 0 Å². The number of pyridine rings is 4. The molecule has 0 fully saturated rings. The van der Waals surface area contributed by atoms with Gasteiger partial charge in [0.05, 0.1) is 11.6 Å². The van der Waals surface area contributed by atoms with Gasteiger partial charge >= 0.3 is 21.1 Å². The Bertz CT molecular complexity index is 1590. The maximum Gasteiger partial charge on any atom is 2.00 e. The van der Waals surface area contributed by atoms with Crippen LogP contribution in [0.2, 0.25) is 0 Å². The van der Waals surface area contributed by atoms with E-state index in [4.69, 9.17) is 9.97 Å². The summed E-state index contributed by atoms with van der Waals surface area (Å²) in [6.45, 7) is 8.44. The van der Waals surface area contributed by atoms with Crippen LogP contribution in [0.5, 0.6) is 0 Å². The fourth-order valence-electron chi connectivity index (χ4n) is 4.57. The van der Waals surface area contributed by atoms with Gasteiger partial charge in [0.15, 0.2) is 0 Å². The van der Waals surface area contributed by atoms with Crippen molar-refractivity contribution in [3.05, 3.63) is 108 Å². The van der Waals surface area contributed by atoms with Gasteiger partial charge in [-0.05, 0) is 49.4 Å². The first-order valence-electron chi connectivity index (χ1n) is 11.6. The van der Waals surface area contributed by atoms with Crippen molar-refractivity contribution >= 4 is 21.8 Å². The van der Waals surface area contributed by atoms with Gasteiger partial charge in [0, 0.05) is 29.2 Å². The van der Waals surface area contributed by atoms with Gasteiger partial charge in [0.1, 0.15) is 0 Å². The van der Waals surface area contributed by atoms with E-state index in [1.165, 1.54) is 0 Å². The van der Waals surface area contributed by atoms with Crippen LogP contribution in [0.25, 0.3) is 33.4 Å². The molecule has 0 aliphatic rings. The minimum atomic E-state index is -0.427. The van der Waals surface area contributed by atoms with Gasteiger partial charge in [-0.1, -0.05) is 72.4 Å². The largest absolute Gasteiger partial charge is 2.00 e. The van der Waals surface area contributed by atoms with Crippen LogP contribution in [-0.2, 0) is 26.5 Å². The Balaban J connectivity index is 0.00000267.